The van der Waals surface area contributed by atoms with Crippen LogP contribution in [0.25, 0.3) is 0 Å². The Bertz CT molecular complexity index is 816. The lowest BCUT2D eigenvalue weighted by molar-refractivity contribution is -0.385. The maximum Gasteiger partial charge on any atom is 0.311 e. The fourth-order valence-electron chi connectivity index (χ4n) is 1.71. The van der Waals surface area contributed by atoms with Gasteiger partial charge in [-0.1, -0.05) is 18.2 Å². The molecule has 0 saturated carbocycles. The highest BCUT2D eigenvalue weighted by Crippen LogP contribution is 2.27. The van der Waals surface area contributed by atoms with Gasteiger partial charge in [0.1, 0.15) is 0 Å². The van der Waals surface area contributed by atoms with Gasteiger partial charge in [-0.3, -0.25) is 10.1 Å². The summed E-state index contributed by atoms with van der Waals surface area (Å²) >= 11 is 0. The molecule has 0 amide bonds. The van der Waals surface area contributed by atoms with E-state index in [2.05, 4.69) is 4.40 Å². The van der Waals surface area contributed by atoms with Gasteiger partial charge in [0.05, 0.1) is 16.9 Å². The molecular weight excluding hydrogens is 308 g/mol. The summed E-state index contributed by atoms with van der Waals surface area (Å²) in [7, 11) is -2.52. The number of sulfonamides is 1. The van der Waals surface area contributed by atoms with Crippen molar-refractivity contribution in [3.63, 3.8) is 0 Å². The first-order valence-corrected chi connectivity index (χ1v) is 7.56. The average molecular weight is 320 g/mol. The summed E-state index contributed by atoms with van der Waals surface area (Å²) < 4.78 is 32.4. The van der Waals surface area contributed by atoms with Crippen LogP contribution < -0.4 is 4.74 Å². The van der Waals surface area contributed by atoms with Crippen molar-refractivity contribution in [3.8, 4) is 5.75 Å². The van der Waals surface area contributed by atoms with Crippen LogP contribution in [0.5, 0.6) is 5.75 Å². The second-order valence-corrected chi connectivity index (χ2v) is 5.84. The first-order valence-electron chi connectivity index (χ1n) is 6.12. The second-order valence-electron chi connectivity index (χ2n) is 4.21. The van der Waals surface area contributed by atoms with Crippen molar-refractivity contribution in [1.29, 1.82) is 0 Å². The smallest absolute Gasteiger partial charge is 0.311 e. The summed E-state index contributed by atoms with van der Waals surface area (Å²) in [6.45, 7) is 0. The van der Waals surface area contributed by atoms with Gasteiger partial charge >= 0.3 is 5.69 Å². The summed E-state index contributed by atoms with van der Waals surface area (Å²) in [6.07, 6.45) is 1.06. The van der Waals surface area contributed by atoms with Crippen molar-refractivity contribution in [2.45, 2.75) is 4.90 Å². The molecule has 2 aromatic rings. The average Bonchev–Trinajstić information content (AvgIpc) is 2.53. The lowest BCUT2D eigenvalue weighted by Gasteiger charge is -2.02. The Morgan fingerprint density at radius 3 is 2.45 bits per heavy atom. The standard InChI is InChI=1S/C14H12N2O5S/c1-21-14-8-7-11(9-13(14)16(17)18)10-15-22(19,20)12-5-3-2-4-6-12/h2-10H,1H3/b15-10-. The SMILES string of the molecule is COc1ccc(/C=N\S(=O)(=O)c2ccccc2)cc1[N+](=O)[O-]. The Balaban J connectivity index is 2.35. The maximum absolute atomic E-state index is 12.0. The lowest BCUT2D eigenvalue weighted by atomic mass is 10.2. The van der Waals surface area contributed by atoms with E-state index in [9.17, 15) is 18.5 Å². The van der Waals surface area contributed by atoms with Crippen molar-refractivity contribution in [2.24, 2.45) is 4.40 Å². The fourth-order valence-corrected chi connectivity index (χ4v) is 2.60. The van der Waals surface area contributed by atoms with E-state index in [1.165, 1.54) is 37.4 Å². The molecule has 0 aliphatic rings. The van der Waals surface area contributed by atoms with Crippen LogP contribution in [-0.4, -0.2) is 26.7 Å². The summed E-state index contributed by atoms with van der Waals surface area (Å²) in [5, 5.41) is 10.9. The van der Waals surface area contributed by atoms with Crippen LogP contribution in [0, 0.1) is 10.1 Å². The van der Waals surface area contributed by atoms with E-state index in [-0.39, 0.29) is 21.9 Å². The quantitative estimate of drug-likeness (QED) is 0.478. The number of nitro benzene ring substituents is 1. The van der Waals surface area contributed by atoms with E-state index in [0.29, 0.717) is 0 Å². The van der Waals surface area contributed by atoms with E-state index < -0.39 is 14.9 Å². The molecule has 2 rings (SSSR count). The molecule has 0 atom stereocenters. The summed E-state index contributed by atoms with van der Waals surface area (Å²) in [6, 6.07) is 11.8. The van der Waals surface area contributed by atoms with Crippen molar-refractivity contribution in [1.82, 2.24) is 0 Å². The molecule has 0 aliphatic heterocycles. The minimum Gasteiger partial charge on any atom is -0.490 e. The van der Waals surface area contributed by atoms with Crippen molar-refractivity contribution >= 4 is 21.9 Å². The second kappa shape index (κ2) is 6.35. The Kier molecular flexibility index (Phi) is 4.52. The van der Waals surface area contributed by atoms with Crippen molar-refractivity contribution < 1.29 is 18.1 Å². The molecule has 0 radical (unpaired) electrons. The predicted octanol–water partition coefficient (Wildman–Crippen LogP) is 2.41. The first-order chi connectivity index (χ1) is 10.4. The molecule has 0 bridgehead atoms. The molecule has 8 heteroatoms. The number of hydrogen-bond donors (Lipinski definition) is 0. The van der Waals surface area contributed by atoms with Crippen LogP contribution in [0.15, 0.2) is 57.8 Å². The number of benzene rings is 2. The van der Waals surface area contributed by atoms with Gasteiger partial charge in [-0.15, -0.1) is 0 Å². The number of nitro groups is 1. The van der Waals surface area contributed by atoms with Crippen LogP contribution in [0.4, 0.5) is 5.69 Å². The molecule has 7 nitrogen and oxygen atoms in total. The monoisotopic (exact) mass is 320 g/mol. The largest absolute Gasteiger partial charge is 0.490 e. The van der Waals surface area contributed by atoms with Gasteiger partial charge in [-0.2, -0.15) is 12.8 Å². The van der Waals surface area contributed by atoms with Crippen LogP contribution in [-0.2, 0) is 10.0 Å². The predicted molar refractivity (Wildman–Crippen MR) is 80.9 cm³/mol. The minimum absolute atomic E-state index is 0.0502. The third kappa shape index (κ3) is 3.47. The molecule has 0 fully saturated rings. The van der Waals surface area contributed by atoms with Gasteiger partial charge in [0.2, 0.25) is 0 Å². The number of nitrogens with zero attached hydrogens (tertiary/aromatic N) is 2. The molecule has 0 unspecified atom stereocenters. The molecular formula is C14H12N2O5S. The molecule has 2 aromatic carbocycles. The zero-order valence-corrected chi connectivity index (χ0v) is 12.4. The van der Waals surface area contributed by atoms with Crippen LogP contribution >= 0.6 is 0 Å². The third-order valence-electron chi connectivity index (χ3n) is 2.78. The Morgan fingerprint density at radius 1 is 1.18 bits per heavy atom. The van der Waals surface area contributed by atoms with Gasteiger partial charge in [0.25, 0.3) is 10.0 Å². The fraction of sp³-hybridized carbons (Fsp3) is 0.0714. The third-order valence-corrected chi connectivity index (χ3v) is 4.03. The highest BCUT2D eigenvalue weighted by molar-refractivity contribution is 7.90. The minimum atomic E-state index is -3.84. The van der Waals surface area contributed by atoms with Crippen LogP contribution in [0.3, 0.4) is 0 Å². The number of methoxy groups -OCH3 is 1. The molecule has 0 aliphatic carbocycles. The maximum atomic E-state index is 12.0. The highest BCUT2D eigenvalue weighted by atomic mass is 32.2. The molecule has 0 N–H and O–H groups in total. The molecule has 0 heterocycles. The Labute approximate surface area is 127 Å². The number of hydrogen-bond acceptors (Lipinski definition) is 5. The van der Waals surface area contributed by atoms with E-state index in [4.69, 9.17) is 4.74 Å². The first kappa shape index (κ1) is 15.6. The van der Waals surface area contributed by atoms with E-state index >= 15 is 0 Å². The zero-order valence-electron chi connectivity index (χ0n) is 11.5. The molecule has 0 spiro atoms. The van der Waals surface area contributed by atoms with Crippen molar-refractivity contribution in [2.75, 3.05) is 7.11 Å². The molecule has 114 valence electrons. The zero-order chi connectivity index (χ0) is 16.2. The van der Waals surface area contributed by atoms with E-state index in [1.807, 2.05) is 0 Å². The van der Waals surface area contributed by atoms with Crippen LogP contribution in [0.2, 0.25) is 0 Å². The van der Waals surface area contributed by atoms with E-state index in [0.717, 1.165) is 6.21 Å². The van der Waals surface area contributed by atoms with Gasteiger partial charge in [-0.25, -0.2) is 0 Å². The highest BCUT2D eigenvalue weighted by Gasteiger charge is 2.15. The molecule has 0 saturated heterocycles. The lowest BCUT2D eigenvalue weighted by Crippen LogP contribution is -1.98. The summed E-state index contributed by atoms with van der Waals surface area (Å²) in [5.74, 6) is 0.0908. The van der Waals surface area contributed by atoms with Crippen LogP contribution in [0.1, 0.15) is 5.56 Å². The van der Waals surface area contributed by atoms with Gasteiger partial charge in [-0.05, 0) is 24.3 Å². The van der Waals surface area contributed by atoms with Crippen molar-refractivity contribution in [3.05, 3.63) is 64.2 Å². The number of rotatable bonds is 5. The molecule has 0 aromatic heterocycles. The number of ether oxygens (including phenoxy) is 1. The van der Waals surface area contributed by atoms with E-state index in [1.54, 1.807) is 18.2 Å². The van der Waals surface area contributed by atoms with Gasteiger partial charge in [0, 0.05) is 17.8 Å². The Morgan fingerprint density at radius 2 is 1.86 bits per heavy atom. The normalized spacial score (nSPS) is 11.5. The summed E-state index contributed by atoms with van der Waals surface area (Å²) in [4.78, 5) is 10.4. The van der Waals surface area contributed by atoms with Gasteiger partial charge in [0.15, 0.2) is 5.75 Å². The topological polar surface area (TPSA) is 98.9 Å². The summed E-state index contributed by atoms with van der Waals surface area (Å²) in [5.41, 5.74) is 0.0237. The molecule has 22 heavy (non-hydrogen) atoms. The Hall–Kier alpha value is -2.74. The van der Waals surface area contributed by atoms with Gasteiger partial charge < -0.3 is 4.74 Å².